The number of rotatable bonds is 9. The van der Waals surface area contributed by atoms with Crippen molar-refractivity contribution in [3.63, 3.8) is 0 Å². The monoisotopic (exact) mass is 508 g/mol. The lowest BCUT2D eigenvalue weighted by Gasteiger charge is -2.34. The Hall–Kier alpha value is -3.54. The van der Waals surface area contributed by atoms with E-state index in [1.807, 2.05) is 35.7 Å². The normalized spacial score (nSPS) is 14.3. The molecule has 0 spiro atoms. The highest BCUT2D eigenvalue weighted by molar-refractivity contribution is 7.13. The molecule has 11 heteroatoms. The quantitative estimate of drug-likeness (QED) is 0.408. The van der Waals surface area contributed by atoms with Crippen LogP contribution in [0.3, 0.4) is 0 Å². The van der Waals surface area contributed by atoms with Crippen LogP contribution in [0, 0.1) is 0 Å². The Balaban J connectivity index is 1.40. The van der Waals surface area contributed by atoms with Crippen LogP contribution >= 0.6 is 11.3 Å². The molecule has 1 saturated heterocycles. The SMILES string of the molecule is CNc1ccccc1NC(=O)c1ccc(CN(CCN2CCN(C)CC2)C(=O)Nc2nccs2)cn1. The Morgan fingerprint density at radius 3 is 2.47 bits per heavy atom. The van der Waals surface area contributed by atoms with Gasteiger partial charge in [0.2, 0.25) is 0 Å². The second-order valence-corrected chi connectivity index (χ2v) is 9.53. The Morgan fingerprint density at radius 1 is 1.03 bits per heavy atom. The van der Waals surface area contributed by atoms with Crippen LogP contribution in [0.25, 0.3) is 0 Å². The van der Waals surface area contributed by atoms with Gasteiger partial charge < -0.3 is 20.4 Å². The van der Waals surface area contributed by atoms with Crippen LogP contribution in [0.2, 0.25) is 0 Å². The summed E-state index contributed by atoms with van der Waals surface area (Å²) in [7, 11) is 3.93. The molecule has 1 aliphatic heterocycles. The number of amides is 3. The Kier molecular flexibility index (Phi) is 8.82. The highest BCUT2D eigenvalue weighted by atomic mass is 32.1. The maximum absolute atomic E-state index is 13.0. The lowest BCUT2D eigenvalue weighted by Crippen LogP contribution is -2.48. The van der Waals surface area contributed by atoms with Gasteiger partial charge in [-0.15, -0.1) is 11.3 Å². The summed E-state index contributed by atoms with van der Waals surface area (Å²) in [6, 6.07) is 10.8. The average Bonchev–Trinajstić information content (AvgIpc) is 3.41. The molecule has 1 aliphatic rings. The molecule has 2 aromatic heterocycles. The van der Waals surface area contributed by atoms with Gasteiger partial charge >= 0.3 is 6.03 Å². The highest BCUT2D eigenvalue weighted by Gasteiger charge is 2.19. The van der Waals surface area contributed by atoms with E-state index in [1.165, 1.54) is 11.3 Å². The molecule has 3 aromatic rings. The maximum Gasteiger partial charge on any atom is 0.323 e. The summed E-state index contributed by atoms with van der Waals surface area (Å²) in [6.45, 7) is 5.76. The first-order valence-corrected chi connectivity index (χ1v) is 12.8. The van der Waals surface area contributed by atoms with Crippen LogP contribution in [0.4, 0.5) is 21.3 Å². The lowest BCUT2D eigenvalue weighted by molar-refractivity contribution is 0.102. The molecule has 0 bridgehead atoms. The van der Waals surface area contributed by atoms with Crippen molar-refractivity contribution < 1.29 is 9.59 Å². The van der Waals surface area contributed by atoms with E-state index in [4.69, 9.17) is 0 Å². The van der Waals surface area contributed by atoms with E-state index in [0.29, 0.717) is 29.6 Å². The molecular weight excluding hydrogens is 476 g/mol. The van der Waals surface area contributed by atoms with E-state index < -0.39 is 0 Å². The minimum atomic E-state index is -0.294. The predicted octanol–water partition coefficient (Wildman–Crippen LogP) is 3.11. The number of hydrogen-bond donors (Lipinski definition) is 3. The molecule has 0 saturated carbocycles. The number of thiazole rings is 1. The highest BCUT2D eigenvalue weighted by Crippen LogP contribution is 2.21. The van der Waals surface area contributed by atoms with E-state index in [0.717, 1.165) is 44.0 Å². The van der Waals surface area contributed by atoms with Crippen molar-refractivity contribution >= 4 is 39.8 Å². The van der Waals surface area contributed by atoms with Crippen molar-refractivity contribution in [2.75, 3.05) is 69.3 Å². The number of hydrogen-bond acceptors (Lipinski definition) is 8. The average molecular weight is 509 g/mol. The van der Waals surface area contributed by atoms with E-state index in [1.54, 1.807) is 30.4 Å². The summed E-state index contributed by atoms with van der Waals surface area (Å²) >= 11 is 1.38. The number of urea groups is 1. The van der Waals surface area contributed by atoms with E-state index in [2.05, 4.69) is 42.8 Å². The summed E-state index contributed by atoms with van der Waals surface area (Å²) in [5.74, 6) is -0.294. The zero-order valence-electron chi connectivity index (χ0n) is 20.6. The number of pyridine rings is 1. The second kappa shape index (κ2) is 12.4. The molecule has 1 aromatic carbocycles. The van der Waals surface area contributed by atoms with Gasteiger partial charge in [-0.3, -0.25) is 20.0 Å². The molecular formula is C25H32N8O2S. The standard InChI is InChI=1S/C25H32N8O2S/c1-26-20-5-3-4-6-21(20)29-23(34)22-8-7-19(17-28-22)18-33(25(35)30-24-27-9-16-36-24)15-14-32-12-10-31(2)11-13-32/h3-9,16-17,26H,10-15,18H2,1-2H3,(H,29,34)(H,27,30,35). The number of para-hydroxylation sites is 2. The van der Waals surface area contributed by atoms with Gasteiger partial charge in [0.25, 0.3) is 5.91 Å². The Labute approximate surface area is 215 Å². The number of piperazine rings is 1. The third-order valence-electron chi connectivity index (χ3n) is 6.09. The maximum atomic E-state index is 13.0. The van der Waals surface area contributed by atoms with Gasteiger partial charge in [0.05, 0.1) is 11.4 Å². The molecule has 0 unspecified atom stereocenters. The van der Waals surface area contributed by atoms with Crippen molar-refractivity contribution in [1.82, 2.24) is 24.7 Å². The molecule has 0 atom stereocenters. The molecule has 3 amide bonds. The van der Waals surface area contributed by atoms with Gasteiger partial charge in [-0.25, -0.2) is 9.78 Å². The first kappa shape index (κ1) is 25.5. The molecule has 36 heavy (non-hydrogen) atoms. The molecule has 3 N–H and O–H groups in total. The number of carbonyl (C=O) groups excluding carboxylic acids is 2. The zero-order valence-corrected chi connectivity index (χ0v) is 21.4. The third kappa shape index (κ3) is 7.00. The van der Waals surface area contributed by atoms with Gasteiger partial charge in [-0.05, 0) is 30.8 Å². The van der Waals surface area contributed by atoms with Crippen LogP contribution in [0.1, 0.15) is 16.1 Å². The third-order valence-corrected chi connectivity index (χ3v) is 6.78. The minimum Gasteiger partial charge on any atom is -0.386 e. The van der Waals surface area contributed by atoms with Crippen molar-refractivity contribution in [2.45, 2.75) is 6.54 Å². The number of nitrogens with one attached hydrogen (secondary N) is 3. The first-order valence-electron chi connectivity index (χ1n) is 11.9. The summed E-state index contributed by atoms with van der Waals surface area (Å²) in [5, 5.41) is 11.2. The number of benzene rings is 1. The fourth-order valence-corrected chi connectivity index (χ4v) is 4.43. The van der Waals surface area contributed by atoms with Crippen LogP contribution in [0.15, 0.2) is 54.2 Å². The smallest absolute Gasteiger partial charge is 0.323 e. The lowest BCUT2D eigenvalue weighted by atomic mass is 10.2. The first-order chi connectivity index (χ1) is 17.5. The van der Waals surface area contributed by atoms with E-state index in [9.17, 15) is 9.59 Å². The second-order valence-electron chi connectivity index (χ2n) is 8.64. The van der Waals surface area contributed by atoms with Gasteiger partial charge in [0.1, 0.15) is 5.69 Å². The molecule has 4 rings (SSSR count). The molecule has 0 radical (unpaired) electrons. The van der Waals surface area contributed by atoms with Crippen LogP contribution in [-0.4, -0.2) is 90.0 Å². The Bertz CT molecular complexity index is 1130. The Morgan fingerprint density at radius 2 is 1.81 bits per heavy atom. The zero-order chi connectivity index (χ0) is 25.3. The largest absolute Gasteiger partial charge is 0.386 e. The fraction of sp³-hybridized carbons (Fsp3) is 0.360. The van der Waals surface area contributed by atoms with Gasteiger partial charge in [-0.2, -0.15) is 0 Å². The number of carbonyl (C=O) groups is 2. The summed E-state index contributed by atoms with van der Waals surface area (Å²) in [6.07, 6.45) is 3.32. The molecule has 190 valence electrons. The van der Waals surface area contributed by atoms with Crippen LogP contribution in [-0.2, 0) is 6.54 Å². The minimum absolute atomic E-state index is 0.204. The van der Waals surface area contributed by atoms with Gasteiger partial charge in [-0.1, -0.05) is 18.2 Å². The van der Waals surface area contributed by atoms with E-state index >= 15 is 0 Å². The number of likely N-dealkylation sites (N-methyl/N-ethyl adjacent to an activating group) is 1. The summed E-state index contributed by atoms with van der Waals surface area (Å²) in [5.41, 5.74) is 2.66. The summed E-state index contributed by atoms with van der Waals surface area (Å²) < 4.78 is 0. The van der Waals surface area contributed by atoms with Crippen LogP contribution < -0.4 is 16.0 Å². The van der Waals surface area contributed by atoms with Crippen molar-refractivity contribution in [1.29, 1.82) is 0 Å². The topological polar surface area (TPSA) is 106 Å². The molecule has 3 heterocycles. The van der Waals surface area contributed by atoms with Gasteiger partial charge in [0.15, 0.2) is 5.13 Å². The predicted molar refractivity (Wildman–Crippen MR) is 144 cm³/mol. The van der Waals surface area contributed by atoms with Crippen LogP contribution in [0.5, 0.6) is 0 Å². The number of anilines is 3. The van der Waals surface area contributed by atoms with Crippen molar-refractivity contribution in [3.05, 3.63) is 65.4 Å². The van der Waals surface area contributed by atoms with Crippen molar-refractivity contribution in [2.24, 2.45) is 0 Å². The van der Waals surface area contributed by atoms with Gasteiger partial charge in [0, 0.05) is 70.6 Å². The van der Waals surface area contributed by atoms with Crippen molar-refractivity contribution in [3.8, 4) is 0 Å². The fourth-order valence-electron chi connectivity index (χ4n) is 3.91. The van der Waals surface area contributed by atoms with E-state index in [-0.39, 0.29) is 11.9 Å². The molecule has 0 aliphatic carbocycles. The number of aromatic nitrogens is 2. The number of nitrogens with zero attached hydrogens (tertiary/aromatic N) is 5. The summed E-state index contributed by atoms with van der Waals surface area (Å²) in [4.78, 5) is 40.7. The molecule has 10 nitrogen and oxygen atoms in total. The molecule has 1 fully saturated rings.